The Morgan fingerprint density at radius 3 is 2.65 bits per heavy atom. The van der Waals surface area contributed by atoms with E-state index in [1.54, 1.807) is 12.1 Å². The van der Waals surface area contributed by atoms with Crippen LogP contribution in [0.15, 0.2) is 54.7 Å². The first-order valence-electron chi connectivity index (χ1n) is 6.77. The first kappa shape index (κ1) is 12.7. The number of halogens is 1. The zero-order chi connectivity index (χ0) is 13.9. The van der Waals surface area contributed by atoms with Gasteiger partial charge in [-0.1, -0.05) is 12.1 Å². The highest BCUT2D eigenvalue weighted by atomic mass is 19.1. The van der Waals surface area contributed by atoms with E-state index in [1.165, 1.54) is 28.6 Å². The quantitative estimate of drug-likeness (QED) is 0.750. The van der Waals surface area contributed by atoms with Crippen LogP contribution < -0.4 is 5.32 Å². The molecule has 0 fully saturated rings. The van der Waals surface area contributed by atoms with Crippen LogP contribution in [0.5, 0.6) is 0 Å². The zero-order valence-electron chi connectivity index (χ0n) is 11.4. The Bertz CT molecular complexity index is 713. The van der Waals surface area contributed by atoms with Crippen molar-refractivity contribution >= 4 is 16.6 Å². The van der Waals surface area contributed by atoms with Crippen molar-refractivity contribution < 1.29 is 4.39 Å². The second-order valence-corrected chi connectivity index (χ2v) is 5.01. The summed E-state index contributed by atoms with van der Waals surface area (Å²) in [7, 11) is 0. The van der Waals surface area contributed by atoms with Crippen LogP contribution in [0.4, 0.5) is 10.1 Å². The van der Waals surface area contributed by atoms with E-state index in [9.17, 15) is 4.39 Å². The minimum absolute atomic E-state index is 0.206. The predicted octanol–water partition coefficient (Wildman–Crippen LogP) is 4.20. The fourth-order valence-corrected chi connectivity index (χ4v) is 2.38. The van der Waals surface area contributed by atoms with Gasteiger partial charge in [-0.15, -0.1) is 0 Å². The number of aromatic nitrogens is 1. The molecule has 1 aromatic heterocycles. The van der Waals surface area contributed by atoms with Gasteiger partial charge in [-0.05, 0) is 54.3 Å². The Balaban J connectivity index is 1.68. The van der Waals surface area contributed by atoms with Crippen LogP contribution in [0.3, 0.4) is 0 Å². The third-order valence-electron chi connectivity index (χ3n) is 3.46. The lowest BCUT2D eigenvalue weighted by Gasteiger charge is -2.09. The summed E-state index contributed by atoms with van der Waals surface area (Å²) in [6.45, 7) is 3.79. The molecule has 1 N–H and O–H groups in total. The van der Waals surface area contributed by atoms with Crippen LogP contribution in [0.1, 0.15) is 5.56 Å². The van der Waals surface area contributed by atoms with Crippen molar-refractivity contribution in [2.45, 2.75) is 13.5 Å². The van der Waals surface area contributed by atoms with Gasteiger partial charge in [-0.2, -0.15) is 0 Å². The van der Waals surface area contributed by atoms with Crippen molar-refractivity contribution in [3.63, 3.8) is 0 Å². The smallest absolute Gasteiger partial charge is 0.123 e. The molecule has 0 saturated carbocycles. The monoisotopic (exact) mass is 268 g/mol. The van der Waals surface area contributed by atoms with Gasteiger partial charge in [0.15, 0.2) is 0 Å². The molecule has 0 aliphatic carbocycles. The SMILES string of the molecule is Cc1ccc2ccn(CCNc3ccc(F)cc3)c2c1. The number of hydrogen-bond donors (Lipinski definition) is 1. The number of rotatable bonds is 4. The molecular weight excluding hydrogens is 251 g/mol. The molecule has 3 rings (SSSR count). The molecule has 0 atom stereocenters. The average Bonchev–Trinajstić information content (AvgIpc) is 2.84. The normalized spacial score (nSPS) is 10.9. The molecule has 0 spiro atoms. The Kier molecular flexibility index (Phi) is 3.42. The maximum atomic E-state index is 12.8. The summed E-state index contributed by atoms with van der Waals surface area (Å²) in [5.41, 5.74) is 3.47. The number of fused-ring (bicyclic) bond motifs is 1. The van der Waals surface area contributed by atoms with Crippen LogP contribution in [0, 0.1) is 12.7 Å². The maximum Gasteiger partial charge on any atom is 0.123 e. The molecule has 0 amide bonds. The van der Waals surface area contributed by atoms with E-state index in [2.05, 4.69) is 47.3 Å². The van der Waals surface area contributed by atoms with Gasteiger partial charge < -0.3 is 9.88 Å². The molecule has 0 aliphatic rings. The van der Waals surface area contributed by atoms with E-state index in [1.807, 2.05) is 0 Å². The maximum absolute atomic E-state index is 12.8. The van der Waals surface area contributed by atoms with E-state index < -0.39 is 0 Å². The molecule has 0 bridgehead atoms. The fraction of sp³-hybridized carbons (Fsp3) is 0.176. The van der Waals surface area contributed by atoms with Gasteiger partial charge in [-0.3, -0.25) is 0 Å². The number of nitrogens with one attached hydrogen (secondary N) is 1. The summed E-state index contributed by atoms with van der Waals surface area (Å²) in [5.74, 6) is -0.206. The van der Waals surface area contributed by atoms with Crippen molar-refractivity contribution in [1.82, 2.24) is 4.57 Å². The summed E-state index contributed by atoms with van der Waals surface area (Å²) >= 11 is 0. The van der Waals surface area contributed by atoms with E-state index in [0.717, 1.165) is 18.8 Å². The lowest BCUT2D eigenvalue weighted by Crippen LogP contribution is -2.09. The molecule has 20 heavy (non-hydrogen) atoms. The number of nitrogens with zero attached hydrogens (tertiary/aromatic N) is 1. The highest BCUT2D eigenvalue weighted by molar-refractivity contribution is 5.80. The standard InChI is InChI=1S/C17H17FN2/c1-13-2-3-14-8-10-20(17(14)12-13)11-9-19-16-6-4-15(18)5-7-16/h2-8,10,12,19H,9,11H2,1H3. The summed E-state index contributed by atoms with van der Waals surface area (Å²) < 4.78 is 15.0. The van der Waals surface area contributed by atoms with Crippen LogP contribution in [0.25, 0.3) is 10.9 Å². The van der Waals surface area contributed by atoms with Crippen molar-refractivity contribution in [2.24, 2.45) is 0 Å². The molecule has 0 saturated heterocycles. The summed E-state index contributed by atoms with van der Waals surface area (Å²) in [5, 5.41) is 4.56. The first-order valence-corrected chi connectivity index (χ1v) is 6.77. The van der Waals surface area contributed by atoms with Crippen LogP contribution in [0.2, 0.25) is 0 Å². The highest BCUT2D eigenvalue weighted by Crippen LogP contribution is 2.17. The summed E-state index contributed by atoms with van der Waals surface area (Å²) in [6, 6.07) is 15.1. The molecule has 2 aromatic carbocycles. The van der Waals surface area contributed by atoms with Gasteiger partial charge in [0.2, 0.25) is 0 Å². The van der Waals surface area contributed by atoms with Crippen molar-refractivity contribution in [2.75, 3.05) is 11.9 Å². The third-order valence-corrected chi connectivity index (χ3v) is 3.46. The van der Waals surface area contributed by atoms with Crippen LogP contribution in [-0.2, 0) is 6.54 Å². The van der Waals surface area contributed by atoms with Gasteiger partial charge >= 0.3 is 0 Å². The van der Waals surface area contributed by atoms with Crippen LogP contribution >= 0.6 is 0 Å². The number of hydrogen-bond acceptors (Lipinski definition) is 1. The van der Waals surface area contributed by atoms with Gasteiger partial charge in [0, 0.05) is 30.5 Å². The van der Waals surface area contributed by atoms with Crippen LogP contribution in [-0.4, -0.2) is 11.1 Å². The van der Waals surface area contributed by atoms with Gasteiger partial charge in [0.1, 0.15) is 5.82 Å². The van der Waals surface area contributed by atoms with Crippen molar-refractivity contribution in [3.8, 4) is 0 Å². The molecule has 2 nitrogen and oxygen atoms in total. The minimum atomic E-state index is -0.206. The molecular formula is C17H17FN2. The Labute approximate surface area is 117 Å². The van der Waals surface area contributed by atoms with Gasteiger partial charge in [0.25, 0.3) is 0 Å². The number of benzene rings is 2. The van der Waals surface area contributed by atoms with E-state index >= 15 is 0 Å². The Morgan fingerprint density at radius 1 is 1.05 bits per heavy atom. The van der Waals surface area contributed by atoms with E-state index in [0.29, 0.717) is 0 Å². The molecule has 3 aromatic rings. The Hall–Kier alpha value is -2.29. The minimum Gasteiger partial charge on any atom is -0.383 e. The number of anilines is 1. The molecule has 3 heteroatoms. The number of aryl methyl sites for hydroxylation is 1. The first-order chi connectivity index (χ1) is 9.72. The molecule has 0 unspecified atom stereocenters. The zero-order valence-corrected chi connectivity index (χ0v) is 11.4. The Morgan fingerprint density at radius 2 is 1.85 bits per heavy atom. The fourth-order valence-electron chi connectivity index (χ4n) is 2.38. The second-order valence-electron chi connectivity index (χ2n) is 5.01. The van der Waals surface area contributed by atoms with Gasteiger partial charge in [-0.25, -0.2) is 4.39 Å². The molecule has 102 valence electrons. The summed E-state index contributed by atoms with van der Waals surface area (Å²) in [6.07, 6.45) is 2.11. The molecule has 0 radical (unpaired) electrons. The topological polar surface area (TPSA) is 17.0 Å². The van der Waals surface area contributed by atoms with E-state index in [-0.39, 0.29) is 5.82 Å². The molecule has 0 aliphatic heterocycles. The third kappa shape index (κ3) is 2.67. The predicted molar refractivity (Wildman–Crippen MR) is 81.6 cm³/mol. The lowest BCUT2D eigenvalue weighted by molar-refractivity contribution is 0.628. The molecule has 1 heterocycles. The summed E-state index contributed by atoms with van der Waals surface area (Å²) in [4.78, 5) is 0. The van der Waals surface area contributed by atoms with Crippen molar-refractivity contribution in [3.05, 3.63) is 66.1 Å². The second kappa shape index (κ2) is 5.37. The average molecular weight is 268 g/mol. The lowest BCUT2D eigenvalue weighted by atomic mass is 10.2. The van der Waals surface area contributed by atoms with Gasteiger partial charge in [0.05, 0.1) is 0 Å². The van der Waals surface area contributed by atoms with E-state index in [4.69, 9.17) is 0 Å². The largest absolute Gasteiger partial charge is 0.383 e. The highest BCUT2D eigenvalue weighted by Gasteiger charge is 2.01. The van der Waals surface area contributed by atoms with Crippen molar-refractivity contribution in [1.29, 1.82) is 0 Å².